The van der Waals surface area contributed by atoms with E-state index in [2.05, 4.69) is 25.2 Å². The quantitative estimate of drug-likeness (QED) is 0.879. The molecule has 3 saturated carbocycles. The molecule has 0 aliphatic heterocycles. The van der Waals surface area contributed by atoms with Gasteiger partial charge in [0, 0.05) is 28.1 Å². The van der Waals surface area contributed by atoms with E-state index in [1.165, 1.54) is 6.42 Å². The van der Waals surface area contributed by atoms with Gasteiger partial charge in [-0.25, -0.2) is 0 Å². The maximum Gasteiger partial charge on any atom is 0.252 e. The number of amides is 1. The minimum Gasteiger partial charge on any atom is -0.396 e. The lowest BCUT2D eigenvalue weighted by Crippen LogP contribution is -2.63. The number of hydrogen-bond donors (Lipinski definition) is 2. The monoisotopic (exact) mass is 343 g/mol. The van der Waals surface area contributed by atoms with Crippen molar-refractivity contribution in [3.8, 4) is 0 Å². The van der Waals surface area contributed by atoms with Crippen molar-refractivity contribution >= 4 is 27.3 Å². The average molecular weight is 343 g/mol. The topological polar surface area (TPSA) is 49.3 Å². The minimum atomic E-state index is 0.0431. The summed E-state index contributed by atoms with van der Waals surface area (Å²) in [5, 5.41) is 15.8. The fourth-order valence-corrected chi connectivity index (χ4v) is 5.91. The molecule has 3 fully saturated rings. The molecule has 2 aromatic rings. The molecule has 1 amide bonds. The standard InChI is InChI=1S/C20H25NO2S/c1-20(2)13-9-12(7-8-22)18(16(20)10-13)21-19(23)15-11-24-17-6-4-3-5-14(15)17/h3-6,11-13,16,18,22H,7-10H2,1-2H3,(H,21,23). The Morgan fingerprint density at radius 1 is 1.33 bits per heavy atom. The first-order chi connectivity index (χ1) is 11.5. The van der Waals surface area contributed by atoms with E-state index >= 15 is 0 Å². The van der Waals surface area contributed by atoms with Crippen molar-refractivity contribution in [2.45, 2.75) is 39.2 Å². The Morgan fingerprint density at radius 2 is 2.12 bits per heavy atom. The molecule has 0 radical (unpaired) electrons. The van der Waals surface area contributed by atoms with Crippen molar-refractivity contribution in [3.63, 3.8) is 0 Å². The Morgan fingerprint density at radius 3 is 2.88 bits per heavy atom. The van der Waals surface area contributed by atoms with Crippen LogP contribution >= 0.6 is 11.3 Å². The second-order valence-corrected chi connectivity index (χ2v) is 8.92. The molecule has 1 heterocycles. The molecular weight excluding hydrogens is 318 g/mol. The molecule has 24 heavy (non-hydrogen) atoms. The Kier molecular flexibility index (Phi) is 3.92. The number of fused-ring (bicyclic) bond motifs is 3. The van der Waals surface area contributed by atoms with E-state index in [0.717, 1.165) is 34.4 Å². The number of carbonyl (C=O) groups excluding carboxylic acids is 1. The van der Waals surface area contributed by atoms with Crippen LogP contribution in [0.2, 0.25) is 0 Å². The van der Waals surface area contributed by atoms with Gasteiger partial charge in [0.05, 0.1) is 5.56 Å². The molecule has 0 saturated heterocycles. The number of hydrogen-bond acceptors (Lipinski definition) is 3. The van der Waals surface area contributed by atoms with Crippen molar-refractivity contribution in [3.05, 3.63) is 35.2 Å². The van der Waals surface area contributed by atoms with Crippen LogP contribution in [0.4, 0.5) is 0 Å². The van der Waals surface area contributed by atoms with Crippen molar-refractivity contribution in [1.29, 1.82) is 0 Å². The predicted octanol–water partition coefficient (Wildman–Crippen LogP) is 4.06. The van der Waals surface area contributed by atoms with Gasteiger partial charge in [0.25, 0.3) is 5.91 Å². The normalized spacial score (nSPS) is 30.8. The molecule has 1 aromatic heterocycles. The molecule has 2 bridgehead atoms. The number of rotatable bonds is 4. The van der Waals surface area contributed by atoms with Gasteiger partial charge in [0.15, 0.2) is 0 Å². The molecule has 3 nitrogen and oxygen atoms in total. The van der Waals surface area contributed by atoms with Gasteiger partial charge >= 0.3 is 0 Å². The number of carbonyl (C=O) groups is 1. The summed E-state index contributed by atoms with van der Waals surface area (Å²) in [5.41, 5.74) is 1.10. The molecule has 5 rings (SSSR count). The summed E-state index contributed by atoms with van der Waals surface area (Å²) in [6.07, 6.45) is 3.13. The lowest BCUT2D eigenvalue weighted by Gasteiger charge is -2.62. The van der Waals surface area contributed by atoms with Crippen LogP contribution in [0.5, 0.6) is 0 Å². The van der Waals surface area contributed by atoms with Gasteiger partial charge in [-0.1, -0.05) is 32.0 Å². The van der Waals surface area contributed by atoms with Crippen LogP contribution in [0.3, 0.4) is 0 Å². The van der Waals surface area contributed by atoms with Gasteiger partial charge < -0.3 is 10.4 Å². The van der Waals surface area contributed by atoms with Gasteiger partial charge in [-0.2, -0.15) is 0 Å². The van der Waals surface area contributed by atoms with Gasteiger partial charge in [-0.05, 0) is 48.5 Å². The van der Waals surface area contributed by atoms with Crippen molar-refractivity contribution < 1.29 is 9.90 Å². The zero-order valence-electron chi connectivity index (χ0n) is 14.3. The van der Waals surface area contributed by atoms with E-state index < -0.39 is 0 Å². The maximum atomic E-state index is 12.9. The van der Waals surface area contributed by atoms with Crippen LogP contribution in [0.25, 0.3) is 10.1 Å². The first-order valence-corrected chi connectivity index (χ1v) is 9.78. The summed E-state index contributed by atoms with van der Waals surface area (Å²) in [6.45, 7) is 4.87. The van der Waals surface area contributed by atoms with Gasteiger partial charge in [0.2, 0.25) is 0 Å². The lowest BCUT2D eigenvalue weighted by molar-refractivity contribution is -0.114. The van der Waals surface area contributed by atoms with Crippen LogP contribution in [-0.2, 0) is 0 Å². The van der Waals surface area contributed by atoms with E-state index in [0.29, 0.717) is 17.3 Å². The van der Waals surface area contributed by atoms with E-state index in [1.807, 2.05) is 23.6 Å². The third kappa shape index (κ3) is 2.39. The van der Waals surface area contributed by atoms with E-state index in [1.54, 1.807) is 11.3 Å². The molecule has 0 spiro atoms. The second kappa shape index (κ2) is 5.85. The largest absolute Gasteiger partial charge is 0.396 e. The summed E-state index contributed by atoms with van der Waals surface area (Å²) < 4.78 is 1.15. The minimum absolute atomic E-state index is 0.0431. The number of nitrogens with one attached hydrogen (secondary N) is 1. The summed E-state index contributed by atoms with van der Waals surface area (Å²) in [5.74, 6) is 1.72. The molecule has 3 aliphatic rings. The van der Waals surface area contributed by atoms with Gasteiger partial charge in [-0.15, -0.1) is 11.3 Å². The fourth-order valence-electron chi connectivity index (χ4n) is 4.97. The first kappa shape index (κ1) is 16.1. The molecule has 4 atom stereocenters. The van der Waals surface area contributed by atoms with E-state index in [-0.39, 0.29) is 18.6 Å². The summed E-state index contributed by atoms with van der Waals surface area (Å²) in [4.78, 5) is 12.9. The summed E-state index contributed by atoms with van der Waals surface area (Å²) in [7, 11) is 0. The predicted molar refractivity (Wildman–Crippen MR) is 98.3 cm³/mol. The highest BCUT2D eigenvalue weighted by Crippen LogP contribution is 2.61. The Labute approximate surface area is 147 Å². The number of thiophene rings is 1. The number of benzene rings is 1. The van der Waals surface area contributed by atoms with Crippen molar-refractivity contribution in [1.82, 2.24) is 5.32 Å². The third-order valence-electron chi connectivity index (χ3n) is 6.60. The molecule has 4 unspecified atom stereocenters. The zero-order chi connectivity index (χ0) is 16.9. The first-order valence-electron chi connectivity index (χ1n) is 8.90. The molecule has 2 N–H and O–H groups in total. The zero-order valence-corrected chi connectivity index (χ0v) is 15.1. The van der Waals surface area contributed by atoms with E-state index in [4.69, 9.17) is 0 Å². The van der Waals surface area contributed by atoms with Gasteiger partial charge in [-0.3, -0.25) is 4.79 Å². The lowest BCUT2D eigenvalue weighted by atomic mass is 9.44. The van der Waals surface area contributed by atoms with Crippen LogP contribution in [-0.4, -0.2) is 23.7 Å². The van der Waals surface area contributed by atoms with Crippen LogP contribution in [0.1, 0.15) is 43.5 Å². The highest BCUT2D eigenvalue weighted by Gasteiger charge is 2.57. The molecule has 128 valence electrons. The Hall–Kier alpha value is -1.39. The molecule has 4 heteroatoms. The fraction of sp³-hybridized carbons (Fsp3) is 0.550. The van der Waals surface area contributed by atoms with Crippen LogP contribution in [0, 0.1) is 23.2 Å². The Bertz CT molecular complexity index is 766. The van der Waals surface area contributed by atoms with E-state index in [9.17, 15) is 9.90 Å². The average Bonchev–Trinajstić information content (AvgIpc) is 3.00. The Balaban J connectivity index is 1.59. The summed E-state index contributed by atoms with van der Waals surface area (Å²) >= 11 is 1.62. The number of aliphatic hydroxyl groups is 1. The second-order valence-electron chi connectivity index (χ2n) is 8.01. The van der Waals surface area contributed by atoms with Gasteiger partial charge in [0.1, 0.15) is 0 Å². The molecular formula is C20H25NO2S. The third-order valence-corrected chi connectivity index (χ3v) is 7.56. The molecule has 3 aliphatic carbocycles. The van der Waals surface area contributed by atoms with Crippen molar-refractivity contribution in [2.75, 3.05) is 6.61 Å². The van der Waals surface area contributed by atoms with Crippen LogP contribution in [0.15, 0.2) is 29.6 Å². The summed E-state index contributed by atoms with van der Waals surface area (Å²) in [6, 6.07) is 8.27. The highest BCUT2D eigenvalue weighted by molar-refractivity contribution is 7.17. The SMILES string of the molecule is CC1(C)C2CC(CCO)C(NC(=O)c3csc4ccccc34)C1C2. The maximum absolute atomic E-state index is 12.9. The smallest absolute Gasteiger partial charge is 0.252 e. The highest BCUT2D eigenvalue weighted by atomic mass is 32.1. The van der Waals surface area contributed by atoms with Crippen LogP contribution < -0.4 is 5.32 Å². The van der Waals surface area contributed by atoms with Crippen molar-refractivity contribution in [2.24, 2.45) is 23.2 Å². The number of aliphatic hydroxyl groups excluding tert-OH is 1. The molecule has 1 aromatic carbocycles.